The molecule has 6 nitrogen and oxygen atoms in total. The molecule has 0 saturated carbocycles. The van der Waals surface area contributed by atoms with Gasteiger partial charge in [0.05, 0.1) is 4.90 Å². The predicted molar refractivity (Wildman–Crippen MR) is 167 cm³/mol. The van der Waals surface area contributed by atoms with Crippen LogP contribution in [-0.2, 0) is 29.3 Å². The molecule has 0 heterocycles. The molecule has 0 spiro atoms. The van der Waals surface area contributed by atoms with Crippen molar-refractivity contribution in [1.82, 2.24) is 0 Å². The van der Waals surface area contributed by atoms with Gasteiger partial charge in [-0.2, -0.15) is 8.42 Å². The van der Waals surface area contributed by atoms with Crippen LogP contribution < -0.4 is 0 Å². The van der Waals surface area contributed by atoms with Crippen LogP contribution in [-0.4, -0.2) is 31.0 Å². The van der Waals surface area contributed by atoms with Crippen LogP contribution in [0.5, 0.6) is 0 Å². The van der Waals surface area contributed by atoms with Gasteiger partial charge < -0.3 is 4.74 Å². The Balaban J connectivity index is 2.09. The van der Waals surface area contributed by atoms with Gasteiger partial charge in [0, 0.05) is 4.90 Å². The highest BCUT2D eigenvalue weighted by Crippen LogP contribution is 2.37. The van der Waals surface area contributed by atoms with Crippen LogP contribution in [0.25, 0.3) is 6.08 Å². The summed E-state index contributed by atoms with van der Waals surface area (Å²) in [7, 11) is -8.20. The minimum Gasteiger partial charge on any atom is -0.460 e. The van der Waals surface area contributed by atoms with E-state index in [0.29, 0.717) is 11.1 Å². The molecule has 0 saturated heterocycles. The van der Waals surface area contributed by atoms with Crippen molar-refractivity contribution in [1.29, 1.82) is 0 Å². The van der Waals surface area contributed by atoms with Crippen LogP contribution in [0.3, 0.4) is 0 Å². The van der Waals surface area contributed by atoms with Crippen LogP contribution in [0.2, 0.25) is 0 Å². The summed E-state index contributed by atoms with van der Waals surface area (Å²) in [5, 5.41) is 0. The topological polar surface area (TPSA) is 89.9 Å². The molecule has 220 valence electrons. The first-order valence-corrected chi connectivity index (χ1v) is 17.0. The van der Waals surface area contributed by atoms with Crippen molar-refractivity contribution >= 4 is 31.8 Å². The van der Waals surface area contributed by atoms with Crippen LogP contribution in [0.15, 0.2) is 91.9 Å². The first-order valence-electron chi connectivity index (χ1n) is 13.8. The first kappa shape index (κ1) is 32.3. The van der Waals surface area contributed by atoms with Gasteiger partial charge in [-0.3, -0.25) is 4.79 Å². The van der Waals surface area contributed by atoms with Crippen molar-refractivity contribution < 1.29 is 22.2 Å². The molecule has 0 radical (unpaired) electrons. The van der Waals surface area contributed by atoms with Crippen molar-refractivity contribution in [2.24, 2.45) is 3.77 Å². The fourth-order valence-corrected chi connectivity index (χ4v) is 8.90. The number of carbonyl (C=O) groups excluding carboxylic acids is 1. The molecular weight excluding hydrogens is 554 g/mol. The molecule has 3 aromatic carbocycles. The molecule has 0 amide bonds. The summed E-state index contributed by atoms with van der Waals surface area (Å²) in [6.45, 7) is 13.7. The fourth-order valence-electron chi connectivity index (χ4n) is 4.44. The van der Waals surface area contributed by atoms with Crippen LogP contribution in [0, 0.1) is 0 Å². The number of sulfonamides is 1. The number of ether oxygens (including phenoxy) is 1. The lowest BCUT2D eigenvalue weighted by Crippen LogP contribution is -2.21. The maximum absolute atomic E-state index is 14.4. The SMILES string of the molecule is C/C(=C\c1ccccc1)COC(=O)C[S@@](=O)(=NS(=O)(=O)c1c(C(C)C)cc(C(C)C)cc1C(C)C)c1ccccc1. The van der Waals surface area contributed by atoms with Crippen molar-refractivity contribution in [3.05, 3.63) is 101 Å². The zero-order chi connectivity index (χ0) is 30.4. The van der Waals surface area contributed by atoms with Crippen molar-refractivity contribution in [3.63, 3.8) is 0 Å². The van der Waals surface area contributed by atoms with Crippen LogP contribution in [0.1, 0.15) is 88.5 Å². The smallest absolute Gasteiger partial charge is 0.320 e. The minimum absolute atomic E-state index is 0.0174. The molecule has 3 aromatic rings. The standard InChI is InChI=1S/C33H41NO5S2/c1-23(2)28-19-30(24(3)4)33(31(20-28)25(5)6)41(37,38)34-40(36,29-16-12-9-13-17-29)22-32(35)39-21-26(7)18-27-14-10-8-11-15-27/h8-20,23-25H,21-22H2,1-7H3/b26-18+/t40-/m0/s1. The highest BCUT2D eigenvalue weighted by Gasteiger charge is 2.30. The first-order chi connectivity index (χ1) is 19.2. The van der Waals surface area contributed by atoms with Gasteiger partial charge in [-0.1, -0.05) is 108 Å². The summed E-state index contributed by atoms with van der Waals surface area (Å²) in [6, 6.07) is 21.5. The second kappa shape index (κ2) is 13.6. The number of nitrogens with zero attached hydrogens (tertiary/aromatic N) is 1. The van der Waals surface area contributed by atoms with E-state index in [4.69, 9.17) is 4.74 Å². The normalized spacial score (nSPS) is 13.9. The average Bonchev–Trinajstić information content (AvgIpc) is 2.91. The van der Waals surface area contributed by atoms with Crippen molar-refractivity contribution in [2.75, 3.05) is 12.4 Å². The lowest BCUT2D eigenvalue weighted by Gasteiger charge is -2.22. The van der Waals surface area contributed by atoms with E-state index < -0.39 is 31.5 Å². The summed E-state index contributed by atoms with van der Waals surface area (Å²) < 4.78 is 52.1. The highest BCUT2D eigenvalue weighted by atomic mass is 32.3. The molecular formula is C33H41NO5S2. The number of esters is 1. The lowest BCUT2D eigenvalue weighted by atomic mass is 9.89. The third kappa shape index (κ3) is 8.39. The van der Waals surface area contributed by atoms with E-state index in [9.17, 15) is 17.4 Å². The molecule has 0 aliphatic carbocycles. The zero-order valence-electron chi connectivity index (χ0n) is 25.0. The van der Waals surface area contributed by atoms with E-state index in [0.717, 1.165) is 16.7 Å². The van der Waals surface area contributed by atoms with E-state index in [-0.39, 0.29) is 34.2 Å². The van der Waals surface area contributed by atoms with Gasteiger partial charge in [0.25, 0.3) is 10.0 Å². The molecule has 0 N–H and O–H groups in total. The molecule has 0 aliphatic heterocycles. The Kier molecular flexibility index (Phi) is 10.7. The van der Waals surface area contributed by atoms with E-state index in [1.807, 2.05) is 83.2 Å². The monoisotopic (exact) mass is 595 g/mol. The van der Waals surface area contributed by atoms with Crippen molar-refractivity contribution in [2.45, 2.75) is 76.0 Å². The van der Waals surface area contributed by atoms with E-state index in [1.165, 1.54) is 12.1 Å². The van der Waals surface area contributed by atoms with E-state index in [2.05, 4.69) is 17.6 Å². The summed E-state index contributed by atoms with van der Waals surface area (Å²) >= 11 is 0. The second-order valence-corrected chi connectivity index (χ2v) is 15.2. The second-order valence-electron chi connectivity index (χ2n) is 11.2. The fraction of sp³-hybridized carbons (Fsp3) is 0.364. The number of hydrogen-bond acceptors (Lipinski definition) is 5. The van der Waals surface area contributed by atoms with Gasteiger partial charge in [0.1, 0.15) is 22.1 Å². The number of hydrogen-bond donors (Lipinski definition) is 0. The number of rotatable bonds is 11. The van der Waals surface area contributed by atoms with Crippen LogP contribution in [0.4, 0.5) is 0 Å². The van der Waals surface area contributed by atoms with Gasteiger partial charge in [-0.05, 0) is 64.6 Å². The molecule has 0 aliphatic rings. The molecule has 8 heteroatoms. The summed E-state index contributed by atoms with van der Waals surface area (Å²) in [5.41, 5.74) is 4.03. The van der Waals surface area contributed by atoms with Crippen LogP contribution >= 0.6 is 0 Å². The summed E-state index contributed by atoms with van der Waals surface area (Å²) in [4.78, 5) is 13.2. The van der Waals surface area contributed by atoms with E-state index >= 15 is 0 Å². The minimum atomic E-state index is -4.45. The maximum atomic E-state index is 14.4. The van der Waals surface area contributed by atoms with Gasteiger partial charge in [0.2, 0.25) is 0 Å². The molecule has 0 bridgehead atoms. The number of carbonyl (C=O) groups is 1. The molecule has 1 atom stereocenters. The number of benzene rings is 3. The summed E-state index contributed by atoms with van der Waals surface area (Å²) in [6.07, 6.45) is 1.89. The Bertz CT molecular complexity index is 1590. The zero-order valence-corrected chi connectivity index (χ0v) is 26.6. The molecule has 41 heavy (non-hydrogen) atoms. The van der Waals surface area contributed by atoms with Gasteiger partial charge in [0.15, 0.2) is 0 Å². The quantitative estimate of drug-likeness (QED) is 0.210. The largest absolute Gasteiger partial charge is 0.460 e. The third-order valence-corrected chi connectivity index (χ3v) is 11.0. The summed E-state index contributed by atoms with van der Waals surface area (Å²) in [5.74, 6) is -1.53. The molecule has 0 aromatic heterocycles. The maximum Gasteiger partial charge on any atom is 0.320 e. The Hall–Kier alpha value is -3.23. The molecule has 0 fully saturated rings. The van der Waals surface area contributed by atoms with E-state index in [1.54, 1.807) is 18.2 Å². The Morgan fingerprint density at radius 3 is 1.80 bits per heavy atom. The predicted octanol–water partition coefficient (Wildman–Crippen LogP) is 7.92. The Morgan fingerprint density at radius 2 is 1.32 bits per heavy atom. The van der Waals surface area contributed by atoms with Gasteiger partial charge in [-0.25, -0.2) is 4.21 Å². The molecule has 0 unspecified atom stereocenters. The third-order valence-electron chi connectivity index (χ3n) is 6.65. The van der Waals surface area contributed by atoms with Gasteiger partial charge in [-0.15, -0.1) is 3.77 Å². The van der Waals surface area contributed by atoms with Gasteiger partial charge >= 0.3 is 5.97 Å². The molecule has 3 rings (SSSR count). The lowest BCUT2D eigenvalue weighted by molar-refractivity contribution is -0.139. The Labute approximate surface area is 246 Å². The van der Waals surface area contributed by atoms with Crippen molar-refractivity contribution in [3.8, 4) is 0 Å². The Morgan fingerprint density at radius 1 is 0.805 bits per heavy atom. The highest BCUT2D eigenvalue weighted by molar-refractivity contribution is 8.03. The average molecular weight is 596 g/mol.